The van der Waals surface area contributed by atoms with E-state index >= 15 is 0 Å². The van der Waals surface area contributed by atoms with Crippen LogP contribution >= 0.6 is 23.5 Å². The second kappa shape index (κ2) is 17.4. The third-order valence-electron chi connectivity index (χ3n) is 3.67. The highest BCUT2D eigenvalue weighted by molar-refractivity contribution is 8.01. The Labute approximate surface area is 217 Å². The molecule has 2 fully saturated rings. The Morgan fingerprint density at radius 1 is 0.914 bits per heavy atom. The fourth-order valence-corrected chi connectivity index (χ4v) is 3.85. The standard InChI is InChI=1S/C11H20N2O3S.C7H13NO4.C4H8NS/c1-11(2,3)16-10(15)12-8-9(14)13-4-6-17-7-5-13;1-7(2,3)12-6(11)8-4-5(9)10;1-3-6-4-2-5-1/h4-8H2,1-3H3,(H,12,15);4H2,1-3H3,(H,8,11)(H,9,10);3,5H,1-2,4H2/q;;+1. The molecule has 2 rings (SSSR count). The first-order valence-electron chi connectivity index (χ1n) is 11.3. The second-order valence-electron chi connectivity index (χ2n) is 9.34. The first kappa shape index (κ1) is 33.0. The molecule has 11 nitrogen and oxygen atoms in total. The van der Waals surface area contributed by atoms with Crippen molar-refractivity contribution in [3.8, 4) is 0 Å². The molecule has 0 aromatic heterocycles. The molecule has 2 aliphatic heterocycles. The molecule has 13 heteroatoms. The molecule has 0 spiro atoms. The number of nitrogens with zero attached hydrogens (tertiary/aromatic N) is 1. The van der Waals surface area contributed by atoms with Crippen LogP contribution in [0.4, 0.5) is 9.59 Å². The monoisotopic (exact) mass is 537 g/mol. The van der Waals surface area contributed by atoms with Crippen molar-refractivity contribution in [3.05, 3.63) is 5.75 Å². The number of hydrogen-bond acceptors (Lipinski definition) is 9. The molecule has 2 heterocycles. The molecule has 4 N–H and O–H groups in total. The Morgan fingerprint density at radius 2 is 1.43 bits per heavy atom. The normalized spacial score (nSPS) is 15.5. The van der Waals surface area contributed by atoms with E-state index in [-0.39, 0.29) is 12.5 Å². The van der Waals surface area contributed by atoms with Gasteiger partial charge in [-0.2, -0.15) is 11.8 Å². The maximum atomic E-state index is 11.7. The molecule has 35 heavy (non-hydrogen) atoms. The van der Waals surface area contributed by atoms with Crippen LogP contribution in [0.15, 0.2) is 0 Å². The van der Waals surface area contributed by atoms with Crippen LogP contribution in [0, 0.1) is 5.75 Å². The Hall–Kier alpha value is -1.99. The van der Waals surface area contributed by atoms with Gasteiger partial charge in [-0.15, -0.1) is 0 Å². The molecular weight excluding hydrogens is 496 g/mol. The Morgan fingerprint density at radius 3 is 1.77 bits per heavy atom. The molecule has 2 aliphatic rings. The minimum Gasteiger partial charge on any atom is -0.480 e. The van der Waals surface area contributed by atoms with Crippen molar-refractivity contribution in [2.75, 3.05) is 56.5 Å². The zero-order valence-electron chi connectivity index (χ0n) is 21.6. The Kier molecular flexibility index (Phi) is 16.4. The highest BCUT2D eigenvalue weighted by atomic mass is 32.2. The van der Waals surface area contributed by atoms with Gasteiger partial charge in [-0.3, -0.25) is 14.9 Å². The van der Waals surface area contributed by atoms with Crippen molar-refractivity contribution in [1.82, 2.24) is 20.9 Å². The minimum atomic E-state index is -1.10. The smallest absolute Gasteiger partial charge is 0.408 e. The van der Waals surface area contributed by atoms with Crippen LogP contribution in [0.5, 0.6) is 0 Å². The second-order valence-corrected chi connectivity index (χ2v) is 11.6. The third-order valence-corrected chi connectivity index (χ3v) is 5.46. The minimum absolute atomic E-state index is 0.0135. The van der Waals surface area contributed by atoms with Gasteiger partial charge in [0.1, 0.15) is 24.3 Å². The highest BCUT2D eigenvalue weighted by Gasteiger charge is 2.20. The molecule has 3 amide bonds. The van der Waals surface area contributed by atoms with E-state index in [1.165, 1.54) is 12.3 Å². The van der Waals surface area contributed by atoms with Gasteiger partial charge in [-0.1, -0.05) is 0 Å². The van der Waals surface area contributed by atoms with Crippen molar-refractivity contribution in [1.29, 1.82) is 0 Å². The third kappa shape index (κ3) is 22.2. The Balaban J connectivity index is 0.000000554. The lowest BCUT2D eigenvalue weighted by Crippen LogP contribution is -2.44. The summed E-state index contributed by atoms with van der Waals surface area (Å²) in [4.78, 5) is 45.6. The molecule has 202 valence electrons. The summed E-state index contributed by atoms with van der Waals surface area (Å²) in [6.07, 6.45) is -1.26. The Bertz CT molecular complexity index is 646. The topological polar surface area (TPSA) is 146 Å². The lowest BCUT2D eigenvalue weighted by Gasteiger charge is -2.26. The molecule has 0 unspecified atom stereocenters. The fraction of sp³-hybridized carbons (Fsp3) is 0.773. The van der Waals surface area contributed by atoms with Gasteiger partial charge in [0.15, 0.2) is 12.3 Å². The van der Waals surface area contributed by atoms with Gasteiger partial charge in [0, 0.05) is 31.1 Å². The van der Waals surface area contributed by atoms with E-state index in [9.17, 15) is 19.2 Å². The maximum absolute atomic E-state index is 11.7. The van der Waals surface area contributed by atoms with Gasteiger partial charge in [-0.25, -0.2) is 9.59 Å². The van der Waals surface area contributed by atoms with Gasteiger partial charge in [0.25, 0.3) is 0 Å². The average Bonchev–Trinajstić information content (AvgIpc) is 2.76. The number of alkyl carbamates (subject to hydrolysis) is 2. The maximum Gasteiger partial charge on any atom is 0.408 e. The van der Waals surface area contributed by atoms with Gasteiger partial charge < -0.3 is 30.1 Å². The van der Waals surface area contributed by atoms with Crippen molar-refractivity contribution in [3.63, 3.8) is 0 Å². The molecular formula is C22H41N4O7S2+. The summed E-state index contributed by atoms with van der Waals surface area (Å²) in [6.45, 7) is 13.9. The van der Waals surface area contributed by atoms with E-state index in [0.717, 1.165) is 31.1 Å². The highest BCUT2D eigenvalue weighted by Crippen LogP contribution is 2.09. The number of carboxylic acids is 1. The summed E-state index contributed by atoms with van der Waals surface area (Å²) in [6, 6.07) is 0. The van der Waals surface area contributed by atoms with Crippen molar-refractivity contribution >= 4 is 47.6 Å². The number of rotatable bonds is 4. The van der Waals surface area contributed by atoms with Crippen LogP contribution in [-0.2, 0) is 19.1 Å². The number of aliphatic carboxylic acids is 1. The van der Waals surface area contributed by atoms with Crippen molar-refractivity contribution in [2.24, 2.45) is 0 Å². The van der Waals surface area contributed by atoms with Crippen LogP contribution in [0.3, 0.4) is 0 Å². The van der Waals surface area contributed by atoms with Gasteiger partial charge in [0.05, 0.1) is 17.5 Å². The van der Waals surface area contributed by atoms with E-state index in [2.05, 4.69) is 21.7 Å². The summed E-state index contributed by atoms with van der Waals surface area (Å²) in [5, 5.41) is 16.0. The molecule has 0 aromatic rings. The molecule has 0 saturated carbocycles. The van der Waals surface area contributed by atoms with Crippen LogP contribution in [-0.4, -0.2) is 102 Å². The quantitative estimate of drug-likeness (QED) is 0.394. The van der Waals surface area contributed by atoms with E-state index < -0.39 is 35.9 Å². The summed E-state index contributed by atoms with van der Waals surface area (Å²) < 4.78 is 9.83. The predicted molar refractivity (Wildman–Crippen MR) is 140 cm³/mol. The van der Waals surface area contributed by atoms with Crippen molar-refractivity contribution < 1.29 is 33.8 Å². The molecule has 0 bridgehead atoms. The van der Waals surface area contributed by atoms with Crippen LogP contribution < -0.4 is 16.0 Å². The van der Waals surface area contributed by atoms with Gasteiger partial charge in [-0.05, 0) is 41.5 Å². The summed E-state index contributed by atoms with van der Waals surface area (Å²) in [7, 11) is 0. The van der Waals surface area contributed by atoms with Gasteiger partial charge in [0.2, 0.25) is 5.91 Å². The number of nitrogens with one attached hydrogen (secondary N) is 3. The number of carbonyl (C=O) groups excluding carboxylic acids is 3. The predicted octanol–water partition coefficient (Wildman–Crippen LogP) is 2.17. The van der Waals surface area contributed by atoms with Crippen molar-refractivity contribution in [2.45, 2.75) is 52.7 Å². The SMILES string of the molecule is CC(C)(C)OC(=O)NCC(=O)N1CCSCC1.CC(C)(C)OC(=O)NCC(=O)O.[CH+]1CNCCS1. The number of amides is 3. The number of carbonyl (C=O) groups is 4. The number of thioether (sulfide) groups is 2. The van der Waals surface area contributed by atoms with E-state index in [4.69, 9.17) is 14.6 Å². The average molecular weight is 538 g/mol. The lowest BCUT2D eigenvalue weighted by atomic mass is 10.2. The first-order valence-corrected chi connectivity index (χ1v) is 13.5. The largest absolute Gasteiger partial charge is 0.480 e. The zero-order valence-corrected chi connectivity index (χ0v) is 23.2. The first-order chi connectivity index (χ1) is 16.2. The number of carboxylic acid groups (broad SMARTS) is 1. The number of ether oxygens (including phenoxy) is 2. The zero-order chi connectivity index (χ0) is 26.9. The number of hydrogen-bond donors (Lipinski definition) is 4. The van der Waals surface area contributed by atoms with E-state index in [0.29, 0.717) is 0 Å². The molecule has 2 saturated heterocycles. The molecule has 0 aliphatic carbocycles. The van der Waals surface area contributed by atoms with Crippen LogP contribution in [0.2, 0.25) is 0 Å². The lowest BCUT2D eigenvalue weighted by molar-refractivity contribution is -0.136. The molecule has 0 radical (unpaired) electrons. The van der Waals surface area contributed by atoms with Crippen LogP contribution in [0.1, 0.15) is 41.5 Å². The molecule has 0 aromatic carbocycles. The summed E-state index contributed by atoms with van der Waals surface area (Å²) in [5.74, 6) is 4.25. The van der Waals surface area contributed by atoms with Gasteiger partial charge >= 0.3 is 18.2 Å². The summed E-state index contributed by atoms with van der Waals surface area (Å²) >= 11 is 3.75. The van der Waals surface area contributed by atoms with E-state index in [1.807, 2.05) is 23.5 Å². The fourth-order valence-electron chi connectivity index (χ4n) is 2.28. The van der Waals surface area contributed by atoms with E-state index in [1.54, 1.807) is 46.4 Å². The molecule has 0 atom stereocenters. The summed E-state index contributed by atoms with van der Waals surface area (Å²) in [5.41, 5.74) is -1.13. The van der Waals surface area contributed by atoms with Crippen LogP contribution in [0.25, 0.3) is 0 Å².